The summed E-state index contributed by atoms with van der Waals surface area (Å²) in [6.07, 6.45) is 3.47. The van der Waals surface area contributed by atoms with Crippen LogP contribution in [0, 0.1) is 5.82 Å². The summed E-state index contributed by atoms with van der Waals surface area (Å²) >= 11 is 6.09. The third-order valence-electron chi connectivity index (χ3n) is 5.29. The molecule has 1 aliphatic rings. The van der Waals surface area contributed by atoms with Crippen LogP contribution in [0.4, 0.5) is 10.3 Å². The minimum Gasteiger partial charge on any atom is -0.342 e. The number of aromatic amines is 1. The van der Waals surface area contributed by atoms with Gasteiger partial charge in [0, 0.05) is 29.6 Å². The van der Waals surface area contributed by atoms with Gasteiger partial charge in [0.25, 0.3) is 0 Å². The molecule has 1 fully saturated rings. The molecule has 1 aliphatic heterocycles. The van der Waals surface area contributed by atoms with Gasteiger partial charge in [0.15, 0.2) is 0 Å². The van der Waals surface area contributed by atoms with Crippen LogP contribution in [-0.2, 0) is 0 Å². The average molecular weight is 409 g/mol. The minimum atomic E-state index is -0.258. The summed E-state index contributed by atoms with van der Waals surface area (Å²) in [5.41, 5.74) is 3.20. The first-order chi connectivity index (χ1) is 14.2. The first-order valence-electron chi connectivity index (χ1n) is 9.51. The number of imidazole rings is 1. The van der Waals surface area contributed by atoms with Crippen molar-refractivity contribution in [2.24, 2.45) is 0 Å². The molecule has 146 valence electrons. The molecule has 0 saturated carbocycles. The highest BCUT2D eigenvalue weighted by atomic mass is 35.5. The Morgan fingerprint density at radius 3 is 2.76 bits per heavy atom. The number of benzene rings is 2. The summed E-state index contributed by atoms with van der Waals surface area (Å²) in [6, 6.07) is 12.2. The highest BCUT2D eigenvalue weighted by molar-refractivity contribution is 6.30. The molecule has 0 unspecified atom stereocenters. The fourth-order valence-corrected chi connectivity index (χ4v) is 3.95. The van der Waals surface area contributed by atoms with Crippen molar-refractivity contribution in [1.29, 1.82) is 0 Å². The number of halogens is 2. The van der Waals surface area contributed by atoms with Crippen molar-refractivity contribution in [3.63, 3.8) is 0 Å². The van der Waals surface area contributed by atoms with E-state index in [9.17, 15) is 4.39 Å². The Kier molecular flexibility index (Phi) is 4.60. The van der Waals surface area contributed by atoms with Crippen molar-refractivity contribution in [3.05, 3.63) is 65.3 Å². The van der Waals surface area contributed by atoms with Crippen molar-refractivity contribution >= 4 is 28.6 Å². The van der Waals surface area contributed by atoms with Crippen LogP contribution in [0.1, 0.15) is 24.6 Å². The van der Waals surface area contributed by atoms with Crippen LogP contribution < -0.4 is 4.90 Å². The molecule has 1 saturated heterocycles. The van der Waals surface area contributed by atoms with Crippen LogP contribution in [0.2, 0.25) is 5.02 Å². The summed E-state index contributed by atoms with van der Waals surface area (Å²) in [6.45, 7) is 1.60. The van der Waals surface area contributed by atoms with E-state index in [1.807, 2.05) is 24.3 Å². The Morgan fingerprint density at radius 2 is 1.93 bits per heavy atom. The van der Waals surface area contributed by atoms with Gasteiger partial charge in [-0.3, -0.25) is 0 Å². The number of piperidine rings is 1. The largest absolute Gasteiger partial charge is 0.342 e. The van der Waals surface area contributed by atoms with Crippen LogP contribution in [0.5, 0.6) is 0 Å². The Morgan fingerprint density at radius 1 is 1.07 bits per heavy atom. The van der Waals surface area contributed by atoms with Gasteiger partial charge < -0.3 is 9.88 Å². The number of hydrogen-bond donors (Lipinski definition) is 1. The number of H-pyrrole nitrogens is 1. The highest BCUT2D eigenvalue weighted by Gasteiger charge is 2.25. The van der Waals surface area contributed by atoms with Gasteiger partial charge in [-0.1, -0.05) is 23.7 Å². The number of fused-ring (bicyclic) bond motifs is 1. The summed E-state index contributed by atoms with van der Waals surface area (Å²) in [5, 5.41) is 9.01. The number of anilines is 1. The van der Waals surface area contributed by atoms with Crippen molar-refractivity contribution in [2.45, 2.75) is 18.8 Å². The van der Waals surface area contributed by atoms with Gasteiger partial charge >= 0.3 is 0 Å². The maximum atomic E-state index is 13.4. The standard InChI is InChI=1S/C21H18ClFN6/c22-15-3-1-2-14(10-15)19-12-24-28-21(27-19)29-8-6-13(7-9-29)20-25-17-5-4-16(23)11-18(17)26-20/h1-5,10-13H,6-9H2,(H,25,26). The average Bonchev–Trinajstić information content (AvgIpc) is 3.17. The van der Waals surface area contributed by atoms with Gasteiger partial charge in [0.1, 0.15) is 11.6 Å². The molecule has 29 heavy (non-hydrogen) atoms. The predicted octanol–water partition coefficient (Wildman–Crippen LogP) is 4.59. The monoisotopic (exact) mass is 408 g/mol. The maximum Gasteiger partial charge on any atom is 0.245 e. The zero-order valence-electron chi connectivity index (χ0n) is 15.5. The van der Waals surface area contributed by atoms with E-state index in [-0.39, 0.29) is 5.82 Å². The smallest absolute Gasteiger partial charge is 0.245 e. The van der Waals surface area contributed by atoms with Crippen LogP contribution in [0.3, 0.4) is 0 Å². The first-order valence-corrected chi connectivity index (χ1v) is 9.89. The van der Waals surface area contributed by atoms with Crippen LogP contribution >= 0.6 is 11.6 Å². The molecule has 8 heteroatoms. The van der Waals surface area contributed by atoms with Gasteiger partial charge in [-0.05, 0) is 43.2 Å². The lowest BCUT2D eigenvalue weighted by Crippen LogP contribution is -2.34. The molecule has 4 aromatic rings. The Balaban J connectivity index is 1.32. The van der Waals surface area contributed by atoms with Gasteiger partial charge in [-0.2, -0.15) is 5.10 Å². The zero-order valence-corrected chi connectivity index (χ0v) is 16.3. The molecule has 2 aromatic heterocycles. The number of aromatic nitrogens is 5. The van der Waals surface area contributed by atoms with Gasteiger partial charge in [-0.25, -0.2) is 14.4 Å². The molecular formula is C21H18ClFN6. The predicted molar refractivity (Wildman–Crippen MR) is 111 cm³/mol. The molecule has 3 heterocycles. The van der Waals surface area contributed by atoms with Gasteiger partial charge in [0.05, 0.1) is 22.9 Å². The zero-order chi connectivity index (χ0) is 19.8. The maximum absolute atomic E-state index is 13.4. The van der Waals surface area contributed by atoms with E-state index in [1.54, 1.807) is 12.3 Å². The lowest BCUT2D eigenvalue weighted by Gasteiger charge is -2.30. The molecular weight excluding hydrogens is 391 g/mol. The number of nitrogens with one attached hydrogen (secondary N) is 1. The normalized spacial score (nSPS) is 15.2. The molecule has 0 amide bonds. The molecule has 0 aliphatic carbocycles. The fraction of sp³-hybridized carbons (Fsp3) is 0.238. The third kappa shape index (κ3) is 3.65. The molecule has 1 N–H and O–H groups in total. The topological polar surface area (TPSA) is 70.6 Å². The number of rotatable bonds is 3. The Hall–Kier alpha value is -3.06. The first kappa shape index (κ1) is 18.0. The molecule has 2 aromatic carbocycles. The van der Waals surface area contributed by atoms with E-state index in [2.05, 4.69) is 30.0 Å². The Labute approximate surface area is 171 Å². The lowest BCUT2D eigenvalue weighted by atomic mass is 9.96. The second kappa shape index (κ2) is 7.40. The molecule has 6 nitrogen and oxygen atoms in total. The molecule has 0 radical (unpaired) electrons. The number of hydrogen-bond acceptors (Lipinski definition) is 5. The Bertz CT molecular complexity index is 1170. The van der Waals surface area contributed by atoms with Gasteiger partial charge in [0.2, 0.25) is 5.95 Å². The molecule has 5 rings (SSSR count). The summed E-state index contributed by atoms with van der Waals surface area (Å²) in [4.78, 5) is 14.7. The fourth-order valence-electron chi connectivity index (χ4n) is 3.76. The highest BCUT2D eigenvalue weighted by Crippen LogP contribution is 2.30. The quantitative estimate of drug-likeness (QED) is 0.536. The molecule has 0 atom stereocenters. The molecule has 0 spiro atoms. The summed E-state index contributed by atoms with van der Waals surface area (Å²) in [5.74, 6) is 1.57. The van der Waals surface area contributed by atoms with Crippen molar-refractivity contribution in [3.8, 4) is 11.3 Å². The van der Waals surface area contributed by atoms with Crippen LogP contribution in [-0.4, -0.2) is 38.2 Å². The molecule has 0 bridgehead atoms. The second-order valence-corrected chi connectivity index (χ2v) is 7.63. The summed E-state index contributed by atoms with van der Waals surface area (Å²) < 4.78 is 13.4. The van der Waals surface area contributed by atoms with Crippen molar-refractivity contribution in [2.75, 3.05) is 18.0 Å². The van der Waals surface area contributed by atoms with Crippen LogP contribution in [0.25, 0.3) is 22.3 Å². The van der Waals surface area contributed by atoms with E-state index in [0.717, 1.165) is 54.0 Å². The van der Waals surface area contributed by atoms with E-state index >= 15 is 0 Å². The van der Waals surface area contributed by atoms with Crippen molar-refractivity contribution in [1.82, 2.24) is 25.1 Å². The SMILES string of the molecule is Fc1ccc2nc(C3CCN(c4nncc(-c5cccc(Cl)c5)n4)CC3)[nH]c2c1. The van der Waals surface area contributed by atoms with E-state index in [1.165, 1.54) is 12.1 Å². The van der Waals surface area contributed by atoms with E-state index in [0.29, 0.717) is 16.9 Å². The van der Waals surface area contributed by atoms with E-state index < -0.39 is 0 Å². The minimum absolute atomic E-state index is 0.258. The van der Waals surface area contributed by atoms with Crippen LogP contribution in [0.15, 0.2) is 48.7 Å². The van der Waals surface area contributed by atoms with E-state index in [4.69, 9.17) is 11.6 Å². The number of nitrogens with zero attached hydrogens (tertiary/aromatic N) is 5. The third-order valence-corrected chi connectivity index (χ3v) is 5.53. The second-order valence-electron chi connectivity index (χ2n) is 7.20. The van der Waals surface area contributed by atoms with Gasteiger partial charge in [-0.15, -0.1) is 5.10 Å². The summed E-state index contributed by atoms with van der Waals surface area (Å²) in [7, 11) is 0. The van der Waals surface area contributed by atoms with Crippen molar-refractivity contribution < 1.29 is 4.39 Å². The lowest BCUT2D eigenvalue weighted by molar-refractivity contribution is 0.483.